The van der Waals surface area contributed by atoms with Gasteiger partial charge >= 0.3 is 0 Å². The van der Waals surface area contributed by atoms with Crippen LogP contribution in [0.15, 0.2) is 47.6 Å². The van der Waals surface area contributed by atoms with Gasteiger partial charge in [-0.1, -0.05) is 62.4 Å². The number of amides is 1. The second kappa shape index (κ2) is 11.1. The number of para-hydroxylation sites is 1. The summed E-state index contributed by atoms with van der Waals surface area (Å²) in [6.07, 6.45) is 2.87. The second-order valence-electron chi connectivity index (χ2n) is 11.4. The van der Waals surface area contributed by atoms with E-state index in [0.717, 1.165) is 41.6 Å². The van der Waals surface area contributed by atoms with Crippen LogP contribution in [0.1, 0.15) is 54.3 Å². The van der Waals surface area contributed by atoms with Crippen molar-refractivity contribution in [3.8, 4) is 28.9 Å². The van der Waals surface area contributed by atoms with Crippen LogP contribution in [0.25, 0.3) is 17.1 Å². The largest absolute Gasteiger partial charge is 0.507 e. The van der Waals surface area contributed by atoms with E-state index in [1.165, 1.54) is 28.0 Å². The second-order valence-corrected chi connectivity index (χ2v) is 13.5. The van der Waals surface area contributed by atoms with E-state index in [1.807, 2.05) is 36.6 Å². The molecular weight excluding hydrogens is 539 g/mol. The molecule has 5 rings (SSSR count). The van der Waals surface area contributed by atoms with Crippen LogP contribution >= 0.6 is 23.1 Å². The minimum absolute atomic E-state index is 0.0991. The molecule has 2 aromatic carbocycles. The number of aryl methyl sites for hydroxylation is 2. The molecule has 0 fully saturated rings. The fourth-order valence-electron chi connectivity index (χ4n) is 5.30. The molecule has 1 amide bonds. The lowest BCUT2D eigenvalue weighted by molar-refractivity contribution is -0.113. The Balaban J connectivity index is 1.40. The van der Waals surface area contributed by atoms with Gasteiger partial charge in [-0.3, -0.25) is 9.36 Å². The molecule has 1 aliphatic carbocycles. The average Bonchev–Trinajstić information content (AvgIpc) is 3.47. The molecule has 40 heavy (non-hydrogen) atoms. The Labute approximate surface area is 243 Å². The third-order valence-electron chi connectivity index (χ3n) is 7.56. The summed E-state index contributed by atoms with van der Waals surface area (Å²) in [4.78, 5) is 14.4. The number of thioether (sulfide) groups is 1. The first-order chi connectivity index (χ1) is 19.1. The van der Waals surface area contributed by atoms with Crippen molar-refractivity contribution in [2.24, 2.45) is 11.3 Å². The van der Waals surface area contributed by atoms with Gasteiger partial charge in [-0.2, -0.15) is 5.26 Å². The molecule has 4 aromatic rings. The first-order valence-electron chi connectivity index (χ1n) is 13.4. The number of carbonyl (C=O) groups is 1. The molecule has 7 nitrogen and oxygen atoms in total. The molecule has 1 atom stereocenters. The summed E-state index contributed by atoms with van der Waals surface area (Å²) in [6, 6.07) is 15.5. The van der Waals surface area contributed by atoms with Gasteiger partial charge in [0.05, 0.1) is 22.6 Å². The molecule has 0 unspecified atom stereocenters. The minimum Gasteiger partial charge on any atom is -0.507 e. The topological polar surface area (TPSA) is 104 Å². The molecule has 9 heteroatoms. The van der Waals surface area contributed by atoms with Crippen LogP contribution in [0.2, 0.25) is 0 Å². The Morgan fingerprint density at radius 1 is 1.23 bits per heavy atom. The van der Waals surface area contributed by atoms with E-state index in [9.17, 15) is 15.2 Å². The van der Waals surface area contributed by atoms with E-state index in [0.29, 0.717) is 33.0 Å². The zero-order chi connectivity index (χ0) is 28.6. The number of thiophene rings is 1. The number of nitrogens with one attached hydrogen (secondary N) is 1. The number of carbonyl (C=O) groups excluding carboxylic acids is 1. The molecule has 0 saturated heterocycles. The maximum atomic E-state index is 13.1. The number of nitriles is 1. The summed E-state index contributed by atoms with van der Waals surface area (Å²) >= 11 is 2.81. The highest BCUT2D eigenvalue weighted by molar-refractivity contribution is 7.99. The summed E-state index contributed by atoms with van der Waals surface area (Å²) in [5.74, 6) is 1.06. The standard InChI is InChI=1S/C31H33N5O2S2/c1-18-10-13-24(19(2)14-18)36-28(22-8-6-7-9-25(22)37)34-35-30(36)39-17-27(38)33-29-23(16-32)21-12-11-20(31(3,4)5)15-26(21)40-29/h6-10,13-14,20,37H,11-12,15,17H2,1-5H3,(H,33,38)/t20-/m1/s1. The zero-order valence-electron chi connectivity index (χ0n) is 23.4. The first-order valence-corrected chi connectivity index (χ1v) is 15.2. The number of phenols is 1. The maximum absolute atomic E-state index is 13.1. The number of hydrogen-bond acceptors (Lipinski definition) is 7. The van der Waals surface area contributed by atoms with Gasteiger partial charge in [0.25, 0.3) is 0 Å². The number of phenolic OH excluding ortho intramolecular Hbond substituents is 1. The number of anilines is 1. The van der Waals surface area contributed by atoms with Crippen LogP contribution in [-0.4, -0.2) is 31.5 Å². The predicted molar refractivity (Wildman–Crippen MR) is 161 cm³/mol. The SMILES string of the molecule is Cc1ccc(-n2c(SCC(=O)Nc3sc4c(c3C#N)CC[C@@H](C(C)(C)C)C4)nnc2-c2ccccc2O)c(C)c1. The number of aromatic nitrogens is 3. The van der Waals surface area contributed by atoms with Crippen LogP contribution in [0.3, 0.4) is 0 Å². The number of benzene rings is 2. The lowest BCUT2D eigenvalue weighted by Crippen LogP contribution is -2.26. The fourth-order valence-corrected chi connectivity index (χ4v) is 7.34. The monoisotopic (exact) mass is 571 g/mol. The quantitative estimate of drug-likeness (QED) is 0.240. The average molecular weight is 572 g/mol. The highest BCUT2D eigenvalue weighted by atomic mass is 32.2. The summed E-state index contributed by atoms with van der Waals surface area (Å²) < 4.78 is 1.89. The van der Waals surface area contributed by atoms with Crippen LogP contribution in [0.5, 0.6) is 5.75 Å². The van der Waals surface area contributed by atoms with Crippen molar-refractivity contribution in [3.05, 3.63) is 69.6 Å². The summed E-state index contributed by atoms with van der Waals surface area (Å²) in [5.41, 5.74) is 5.50. The molecule has 206 valence electrons. The van der Waals surface area contributed by atoms with Crippen molar-refractivity contribution in [3.63, 3.8) is 0 Å². The van der Waals surface area contributed by atoms with Gasteiger partial charge in [0, 0.05) is 4.88 Å². The molecule has 0 saturated carbocycles. The van der Waals surface area contributed by atoms with E-state index in [4.69, 9.17) is 0 Å². The van der Waals surface area contributed by atoms with E-state index >= 15 is 0 Å². The Kier molecular flexibility index (Phi) is 7.76. The van der Waals surface area contributed by atoms with Crippen molar-refractivity contribution < 1.29 is 9.90 Å². The van der Waals surface area contributed by atoms with Crippen molar-refractivity contribution in [2.75, 3.05) is 11.1 Å². The number of rotatable bonds is 6. The van der Waals surface area contributed by atoms with Crippen molar-refractivity contribution in [1.82, 2.24) is 14.8 Å². The van der Waals surface area contributed by atoms with Crippen LogP contribution in [0, 0.1) is 36.5 Å². The fraction of sp³-hybridized carbons (Fsp3) is 0.355. The number of fused-ring (bicyclic) bond motifs is 1. The van der Waals surface area contributed by atoms with E-state index in [2.05, 4.69) is 48.4 Å². The van der Waals surface area contributed by atoms with Crippen LogP contribution in [0.4, 0.5) is 5.00 Å². The Hall–Kier alpha value is -3.61. The van der Waals surface area contributed by atoms with Gasteiger partial charge in [0.15, 0.2) is 11.0 Å². The van der Waals surface area contributed by atoms with Crippen molar-refractivity contribution in [1.29, 1.82) is 5.26 Å². The molecule has 2 heterocycles. The molecule has 2 N–H and O–H groups in total. The highest BCUT2D eigenvalue weighted by Crippen LogP contribution is 2.44. The number of nitrogens with zero attached hydrogens (tertiary/aromatic N) is 4. The van der Waals surface area contributed by atoms with Crippen molar-refractivity contribution in [2.45, 2.75) is 59.0 Å². The van der Waals surface area contributed by atoms with Gasteiger partial charge in [-0.15, -0.1) is 21.5 Å². The van der Waals surface area contributed by atoms with E-state index in [1.54, 1.807) is 18.2 Å². The highest BCUT2D eigenvalue weighted by Gasteiger charge is 2.32. The Morgan fingerprint density at radius 3 is 2.70 bits per heavy atom. The van der Waals surface area contributed by atoms with E-state index < -0.39 is 0 Å². The van der Waals surface area contributed by atoms with Crippen LogP contribution < -0.4 is 5.32 Å². The molecule has 0 bridgehead atoms. The lowest BCUT2D eigenvalue weighted by atomic mass is 9.72. The Morgan fingerprint density at radius 2 is 2.00 bits per heavy atom. The number of hydrogen-bond donors (Lipinski definition) is 2. The van der Waals surface area contributed by atoms with E-state index in [-0.39, 0.29) is 22.8 Å². The zero-order valence-corrected chi connectivity index (χ0v) is 25.0. The number of aromatic hydroxyl groups is 1. The lowest BCUT2D eigenvalue weighted by Gasteiger charge is -2.33. The third-order valence-corrected chi connectivity index (χ3v) is 9.66. The minimum atomic E-state index is -0.202. The summed E-state index contributed by atoms with van der Waals surface area (Å²) in [7, 11) is 0. The molecule has 0 aliphatic heterocycles. The molecule has 0 radical (unpaired) electrons. The van der Waals surface area contributed by atoms with Gasteiger partial charge in [-0.25, -0.2) is 0 Å². The molecule has 1 aliphatic rings. The normalized spacial score (nSPS) is 14.9. The summed E-state index contributed by atoms with van der Waals surface area (Å²) in [5, 5.41) is 33.4. The smallest absolute Gasteiger partial charge is 0.235 e. The predicted octanol–water partition coefficient (Wildman–Crippen LogP) is 7.07. The van der Waals surface area contributed by atoms with Crippen LogP contribution in [-0.2, 0) is 17.6 Å². The van der Waals surface area contributed by atoms with Crippen molar-refractivity contribution >= 4 is 34.0 Å². The first kappa shape index (κ1) is 27.9. The molecule has 2 aromatic heterocycles. The Bertz CT molecular complexity index is 1620. The van der Waals surface area contributed by atoms with Gasteiger partial charge in [0.1, 0.15) is 16.8 Å². The third kappa shape index (κ3) is 5.51. The maximum Gasteiger partial charge on any atom is 0.235 e. The van der Waals surface area contributed by atoms with Gasteiger partial charge in [0.2, 0.25) is 5.91 Å². The van der Waals surface area contributed by atoms with Gasteiger partial charge < -0.3 is 10.4 Å². The molecular formula is C31H33N5O2S2. The summed E-state index contributed by atoms with van der Waals surface area (Å²) in [6.45, 7) is 10.9. The molecule has 0 spiro atoms. The van der Waals surface area contributed by atoms with Gasteiger partial charge in [-0.05, 0) is 73.8 Å².